The second-order valence-corrected chi connectivity index (χ2v) is 6.32. The molecule has 23 heavy (non-hydrogen) atoms. The quantitative estimate of drug-likeness (QED) is 0.854. The van der Waals surface area contributed by atoms with Gasteiger partial charge in [0.05, 0.1) is 24.9 Å². The highest BCUT2D eigenvalue weighted by Gasteiger charge is 2.33. The molecule has 1 aromatic heterocycles. The number of amides is 1. The zero-order chi connectivity index (χ0) is 16.6. The number of ether oxygens (including phenoxy) is 1. The fourth-order valence-electron chi connectivity index (χ4n) is 2.94. The molecule has 0 bridgehead atoms. The standard InChI is InChI=1S/C18H22N2O3/c1-11-5-6-12(2)15(7-11)17-9-20(14(4)10-22-17)18(21)16-8-13(3)19-23-16/h5-8,14,17H,9-10H2,1-4H3/t14-,17-/m1/s1. The van der Waals surface area contributed by atoms with Gasteiger partial charge in [-0.05, 0) is 38.8 Å². The highest BCUT2D eigenvalue weighted by atomic mass is 16.5. The monoisotopic (exact) mass is 314 g/mol. The van der Waals surface area contributed by atoms with Crippen molar-refractivity contribution in [2.75, 3.05) is 13.2 Å². The van der Waals surface area contributed by atoms with E-state index in [9.17, 15) is 4.79 Å². The molecule has 0 N–H and O–H groups in total. The van der Waals surface area contributed by atoms with Gasteiger partial charge >= 0.3 is 0 Å². The number of aryl methyl sites for hydroxylation is 3. The Morgan fingerprint density at radius 3 is 2.74 bits per heavy atom. The normalized spacial score (nSPS) is 21.5. The van der Waals surface area contributed by atoms with Crippen LogP contribution in [0.1, 0.15) is 46.0 Å². The first-order valence-electron chi connectivity index (χ1n) is 7.88. The third-order valence-corrected chi connectivity index (χ3v) is 4.31. The molecule has 0 radical (unpaired) electrons. The van der Waals surface area contributed by atoms with Crippen molar-refractivity contribution < 1.29 is 14.1 Å². The van der Waals surface area contributed by atoms with Crippen molar-refractivity contribution in [2.45, 2.75) is 39.8 Å². The number of nitrogens with zero attached hydrogens (tertiary/aromatic N) is 2. The van der Waals surface area contributed by atoms with Gasteiger partial charge in [-0.15, -0.1) is 0 Å². The van der Waals surface area contributed by atoms with Crippen molar-refractivity contribution in [2.24, 2.45) is 0 Å². The Morgan fingerprint density at radius 2 is 2.04 bits per heavy atom. The van der Waals surface area contributed by atoms with Gasteiger partial charge < -0.3 is 14.2 Å². The summed E-state index contributed by atoms with van der Waals surface area (Å²) in [6, 6.07) is 8.01. The summed E-state index contributed by atoms with van der Waals surface area (Å²) in [5, 5.41) is 3.81. The lowest BCUT2D eigenvalue weighted by Gasteiger charge is -2.38. The smallest absolute Gasteiger partial charge is 0.292 e. The Balaban J connectivity index is 1.84. The Bertz CT molecular complexity index is 723. The minimum Gasteiger partial charge on any atom is -0.370 e. The third-order valence-electron chi connectivity index (χ3n) is 4.31. The van der Waals surface area contributed by atoms with Gasteiger partial charge in [-0.1, -0.05) is 28.9 Å². The summed E-state index contributed by atoms with van der Waals surface area (Å²) in [7, 11) is 0. The number of rotatable bonds is 2. The maximum atomic E-state index is 12.7. The van der Waals surface area contributed by atoms with E-state index >= 15 is 0 Å². The van der Waals surface area contributed by atoms with Crippen molar-refractivity contribution in [3.8, 4) is 0 Å². The fraction of sp³-hybridized carbons (Fsp3) is 0.444. The molecule has 0 aliphatic carbocycles. The molecule has 2 heterocycles. The van der Waals surface area contributed by atoms with Crippen molar-refractivity contribution in [3.63, 3.8) is 0 Å². The molecule has 1 fully saturated rings. The van der Waals surface area contributed by atoms with E-state index < -0.39 is 0 Å². The number of carbonyl (C=O) groups is 1. The molecular weight excluding hydrogens is 292 g/mol. The van der Waals surface area contributed by atoms with Crippen molar-refractivity contribution in [3.05, 3.63) is 52.4 Å². The first-order valence-corrected chi connectivity index (χ1v) is 7.88. The molecule has 3 rings (SSSR count). The molecule has 1 amide bonds. The van der Waals surface area contributed by atoms with Gasteiger partial charge in [0.25, 0.3) is 5.91 Å². The van der Waals surface area contributed by atoms with E-state index in [1.165, 1.54) is 11.1 Å². The van der Waals surface area contributed by atoms with Crippen LogP contribution in [-0.4, -0.2) is 35.2 Å². The van der Waals surface area contributed by atoms with Gasteiger partial charge in [-0.2, -0.15) is 0 Å². The molecule has 5 nitrogen and oxygen atoms in total. The van der Waals surface area contributed by atoms with Crippen molar-refractivity contribution >= 4 is 5.91 Å². The van der Waals surface area contributed by atoms with E-state index in [1.54, 1.807) is 6.07 Å². The molecular formula is C18H22N2O3. The largest absolute Gasteiger partial charge is 0.370 e. The van der Waals surface area contributed by atoms with Crippen molar-refractivity contribution in [1.29, 1.82) is 0 Å². The molecule has 1 aromatic carbocycles. The number of hydrogen-bond donors (Lipinski definition) is 0. The maximum absolute atomic E-state index is 12.7. The highest BCUT2D eigenvalue weighted by Crippen LogP contribution is 2.29. The van der Waals surface area contributed by atoms with E-state index in [4.69, 9.17) is 9.26 Å². The van der Waals surface area contributed by atoms with Gasteiger partial charge in [-0.3, -0.25) is 4.79 Å². The Hall–Kier alpha value is -2.14. The average molecular weight is 314 g/mol. The van der Waals surface area contributed by atoms with Gasteiger partial charge in [0.1, 0.15) is 6.10 Å². The highest BCUT2D eigenvalue weighted by molar-refractivity contribution is 5.91. The van der Waals surface area contributed by atoms with Crippen LogP contribution < -0.4 is 0 Å². The average Bonchev–Trinajstić information content (AvgIpc) is 2.96. The second-order valence-electron chi connectivity index (χ2n) is 6.32. The summed E-state index contributed by atoms with van der Waals surface area (Å²) in [5.41, 5.74) is 4.22. The van der Waals surface area contributed by atoms with Crippen LogP contribution in [0.15, 0.2) is 28.8 Å². The summed E-state index contributed by atoms with van der Waals surface area (Å²) in [6.07, 6.45) is -0.112. The number of aromatic nitrogens is 1. The van der Waals surface area contributed by atoms with E-state index in [2.05, 4.69) is 37.2 Å². The molecule has 0 saturated carbocycles. The predicted molar refractivity (Wildman–Crippen MR) is 86.3 cm³/mol. The van der Waals surface area contributed by atoms with Gasteiger partial charge in [0.15, 0.2) is 0 Å². The van der Waals surface area contributed by atoms with Crippen LogP contribution >= 0.6 is 0 Å². The maximum Gasteiger partial charge on any atom is 0.292 e. The zero-order valence-electron chi connectivity index (χ0n) is 14.0. The molecule has 1 saturated heterocycles. The fourth-order valence-corrected chi connectivity index (χ4v) is 2.94. The molecule has 122 valence electrons. The molecule has 0 unspecified atom stereocenters. The summed E-state index contributed by atoms with van der Waals surface area (Å²) >= 11 is 0. The lowest BCUT2D eigenvalue weighted by Crippen LogP contribution is -2.48. The molecule has 0 spiro atoms. The van der Waals surface area contributed by atoms with Gasteiger partial charge in [0, 0.05) is 6.07 Å². The van der Waals surface area contributed by atoms with Crippen LogP contribution in [0.3, 0.4) is 0 Å². The van der Waals surface area contributed by atoms with Gasteiger partial charge in [-0.25, -0.2) is 0 Å². The minimum absolute atomic E-state index is 0.00858. The van der Waals surface area contributed by atoms with Crippen LogP contribution in [0.5, 0.6) is 0 Å². The Labute approximate surface area is 136 Å². The first kappa shape index (κ1) is 15.7. The molecule has 2 aromatic rings. The Morgan fingerprint density at radius 1 is 1.26 bits per heavy atom. The van der Waals surface area contributed by atoms with E-state index in [-0.39, 0.29) is 23.8 Å². The van der Waals surface area contributed by atoms with Crippen LogP contribution in [0.4, 0.5) is 0 Å². The number of carbonyl (C=O) groups excluding carboxylic acids is 1. The molecule has 2 atom stereocenters. The number of benzene rings is 1. The summed E-state index contributed by atoms with van der Waals surface area (Å²) < 4.78 is 11.1. The van der Waals surface area contributed by atoms with E-state index in [1.807, 2.05) is 18.7 Å². The topological polar surface area (TPSA) is 55.6 Å². The third kappa shape index (κ3) is 3.15. The minimum atomic E-state index is -0.128. The number of morpholine rings is 1. The van der Waals surface area contributed by atoms with E-state index in [0.29, 0.717) is 18.8 Å². The summed E-state index contributed by atoms with van der Waals surface area (Å²) in [5.74, 6) is 0.160. The predicted octanol–water partition coefficient (Wildman–Crippen LogP) is 3.20. The molecule has 1 aliphatic rings. The van der Waals surface area contributed by atoms with Gasteiger partial charge in [0.2, 0.25) is 5.76 Å². The van der Waals surface area contributed by atoms with Crippen LogP contribution in [-0.2, 0) is 4.74 Å². The zero-order valence-corrected chi connectivity index (χ0v) is 14.0. The van der Waals surface area contributed by atoms with E-state index in [0.717, 1.165) is 5.56 Å². The lowest BCUT2D eigenvalue weighted by molar-refractivity contribution is -0.0499. The lowest BCUT2D eigenvalue weighted by atomic mass is 9.98. The van der Waals surface area contributed by atoms with Crippen LogP contribution in [0.25, 0.3) is 0 Å². The number of hydrogen-bond acceptors (Lipinski definition) is 4. The second kappa shape index (κ2) is 6.16. The van der Waals surface area contributed by atoms with Crippen molar-refractivity contribution in [1.82, 2.24) is 10.1 Å². The van der Waals surface area contributed by atoms with Crippen LogP contribution in [0, 0.1) is 20.8 Å². The summed E-state index contributed by atoms with van der Waals surface area (Å²) in [6.45, 7) is 8.96. The van der Waals surface area contributed by atoms with Crippen LogP contribution in [0.2, 0.25) is 0 Å². The SMILES string of the molecule is Cc1ccc(C)c([C@H]2CN(C(=O)c3cc(C)no3)[C@H](C)CO2)c1. The molecule has 1 aliphatic heterocycles. The summed E-state index contributed by atoms with van der Waals surface area (Å²) in [4.78, 5) is 14.5. The Kier molecular flexibility index (Phi) is 4.22. The first-order chi connectivity index (χ1) is 11.0. The molecule has 5 heteroatoms.